The monoisotopic (exact) mass is 527 g/mol. The molecule has 1 saturated heterocycles. The number of aliphatic hydroxyl groups is 1. The molecule has 5 rings (SSSR count). The molecule has 0 spiro atoms. The van der Waals surface area contributed by atoms with Crippen LogP contribution in [0.1, 0.15) is 22.3 Å². The van der Waals surface area contributed by atoms with Crippen molar-refractivity contribution in [2.45, 2.75) is 19.6 Å². The first kappa shape index (κ1) is 26.5. The molecular weight excluding hydrogens is 494 g/mol. The standard InChI is InChI=1S/C31H33N3O5/c1-21-28(36)23-11-8-12-24(30(23)39-29(21)22-9-4-3-5-10-22)31(37)32-16-15-27(35)34-19-17-33(18-20-34)25-13-6-7-14-26(25)38-2/h3-14,27,35H,15-20H2,1-2H3,(H,32,37). The molecule has 1 atom stereocenters. The van der Waals surface area contributed by atoms with E-state index in [2.05, 4.69) is 10.2 Å². The van der Waals surface area contributed by atoms with E-state index in [1.165, 1.54) is 0 Å². The maximum Gasteiger partial charge on any atom is 0.255 e. The zero-order chi connectivity index (χ0) is 27.4. The number of para-hydroxylation sites is 3. The van der Waals surface area contributed by atoms with Gasteiger partial charge in [0.25, 0.3) is 5.91 Å². The van der Waals surface area contributed by atoms with E-state index in [0.717, 1.165) is 30.1 Å². The fraction of sp³-hybridized carbons (Fsp3) is 0.290. The highest BCUT2D eigenvalue weighted by Crippen LogP contribution is 2.29. The average molecular weight is 528 g/mol. The second-order valence-corrected chi connectivity index (χ2v) is 9.65. The molecule has 1 aliphatic rings. The minimum Gasteiger partial charge on any atom is -0.495 e. The van der Waals surface area contributed by atoms with Crippen molar-refractivity contribution in [2.75, 3.05) is 44.7 Å². The third-order valence-corrected chi connectivity index (χ3v) is 7.28. The van der Waals surface area contributed by atoms with Crippen molar-refractivity contribution < 1.29 is 19.1 Å². The third kappa shape index (κ3) is 5.53. The quantitative estimate of drug-likeness (QED) is 0.357. The molecule has 1 aromatic heterocycles. The van der Waals surface area contributed by atoms with E-state index in [-0.39, 0.29) is 23.5 Å². The number of nitrogens with one attached hydrogen (secondary N) is 1. The summed E-state index contributed by atoms with van der Waals surface area (Å²) in [7, 11) is 1.67. The summed E-state index contributed by atoms with van der Waals surface area (Å²) in [6, 6.07) is 22.3. The van der Waals surface area contributed by atoms with Crippen molar-refractivity contribution >= 4 is 22.6 Å². The zero-order valence-corrected chi connectivity index (χ0v) is 22.2. The first-order valence-electron chi connectivity index (χ1n) is 13.2. The van der Waals surface area contributed by atoms with E-state index >= 15 is 0 Å². The van der Waals surface area contributed by atoms with Gasteiger partial charge < -0.3 is 24.5 Å². The molecule has 202 valence electrons. The van der Waals surface area contributed by atoms with Gasteiger partial charge in [0.1, 0.15) is 17.7 Å². The second-order valence-electron chi connectivity index (χ2n) is 9.65. The van der Waals surface area contributed by atoms with E-state index < -0.39 is 6.23 Å². The normalized spacial score (nSPS) is 14.8. The number of methoxy groups -OCH3 is 1. The Bertz CT molecular complexity index is 1510. The van der Waals surface area contributed by atoms with Crippen LogP contribution in [0.4, 0.5) is 5.69 Å². The van der Waals surface area contributed by atoms with Crippen LogP contribution >= 0.6 is 0 Å². The topological polar surface area (TPSA) is 95.2 Å². The molecule has 1 fully saturated rings. The maximum absolute atomic E-state index is 13.1. The molecule has 8 nitrogen and oxygen atoms in total. The SMILES string of the molecule is COc1ccccc1N1CCN(C(O)CCNC(=O)c2cccc3c(=O)c(C)c(-c4ccccc4)oc23)CC1. The Morgan fingerprint density at radius 1 is 1.00 bits per heavy atom. The second kappa shape index (κ2) is 11.7. The molecule has 3 aromatic carbocycles. The van der Waals surface area contributed by atoms with E-state index in [9.17, 15) is 14.7 Å². The fourth-order valence-corrected chi connectivity index (χ4v) is 5.10. The number of fused-ring (bicyclic) bond motifs is 1. The minimum atomic E-state index is -0.678. The molecule has 4 aromatic rings. The lowest BCUT2D eigenvalue weighted by Crippen LogP contribution is -2.51. The van der Waals surface area contributed by atoms with Crippen LogP contribution in [0.25, 0.3) is 22.3 Å². The van der Waals surface area contributed by atoms with Crippen LogP contribution < -0.4 is 20.4 Å². The van der Waals surface area contributed by atoms with Gasteiger partial charge in [-0.2, -0.15) is 0 Å². The number of benzene rings is 3. The summed E-state index contributed by atoms with van der Waals surface area (Å²) in [6.45, 7) is 4.94. The average Bonchev–Trinajstić information content (AvgIpc) is 2.99. The predicted octanol–water partition coefficient (Wildman–Crippen LogP) is 4.04. The van der Waals surface area contributed by atoms with Crippen LogP contribution in [-0.4, -0.2) is 62.0 Å². The van der Waals surface area contributed by atoms with Crippen molar-refractivity contribution in [1.82, 2.24) is 10.2 Å². The van der Waals surface area contributed by atoms with Gasteiger partial charge in [-0.1, -0.05) is 48.5 Å². The molecule has 39 heavy (non-hydrogen) atoms. The molecule has 0 radical (unpaired) electrons. The molecule has 2 heterocycles. The minimum absolute atomic E-state index is 0.160. The van der Waals surface area contributed by atoms with Crippen molar-refractivity contribution in [3.8, 4) is 17.1 Å². The Morgan fingerprint density at radius 2 is 1.72 bits per heavy atom. The lowest BCUT2D eigenvalue weighted by Gasteiger charge is -2.38. The number of nitrogens with zero attached hydrogens (tertiary/aromatic N) is 2. The molecule has 2 N–H and O–H groups in total. The van der Waals surface area contributed by atoms with Crippen molar-refractivity contribution in [3.05, 3.63) is 94.1 Å². The molecule has 0 aliphatic carbocycles. The van der Waals surface area contributed by atoms with E-state index in [1.807, 2.05) is 59.5 Å². The fourth-order valence-electron chi connectivity index (χ4n) is 5.10. The zero-order valence-electron chi connectivity index (χ0n) is 22.2. The first-order chi connectivity index (χ1) is 19.0. The van der Waals surface area contributed by atoms with Gasteiger partial charge in [0.15, 0.2) is 11.0 Å². The molecular formula is C31H33N3O5. The summed E-state index contributed by atoms with van der Waals surface area (Å²) in [5, 5.41) is 14.0. The highest BCUT2D eigenvalue weighted by atomic mass is 16.5. The Morgan fingerprint density at radius 3 is 2.46 bits per heavy atom. The van der Waals surface area contributed by atoms with E-state index in [4.69, 9.17) is 9.15 Å². The van der Waals surface area contributed by atoms with Gasteiger partial charge in [-0.25, -0.2) is 0 Å². The predicted molar refractivity (Wildman–Crippen MR) is 152 cm³/mol. The number of hydrogen-bond donors (Lipinski definition) is 2. The molecule has 1 aliphatic heterocycles. The first-order valence-corrected chi connectivity index (χ1v) is 13.2. The van der Waals surface area contributed by atoms with Crippen LogP contribution in [0.15, 0.2) is 82.0 Å². The Kier molecular flexibility index (Phi) is 7.95. The largest absolute Gasteiger partial charge is 0.495 e. The number of hydrogen-bond acceptors (Lipinski definition) is 7. The molecule has 1 unspecified atom stereocenters. The maximum atomic E-state index is 13.1. The summed E-state index contributed by atoms with van der Waals surface area (Å²) >= 11 is 0. The van der Waals surface area contributed by atoms with E-state index in [0.29, 0.717) is 41.8 Å². The Hall–Kier alpha value is -4.14. The number of amides is 1. The lowest BCUT2D eigenvalue weighted by atomic mass is 10.0. The summed E-state index contributed by atoms with van der Waals surface area (Å²) in [6.07, 6.45) is -0.299. The summed E-state index contributed by atoms with van der Waals surface area (Å²) < 4.78 is 11.6. The number of carbonyl (C=O) groups excluding carboxylic acids is 1. The summed E-state index contributed by atoms with van der Waals surface area (Å²) in [5.74, 6) is 0.945. The van der Waals surface area contributed by atoms with Crippen molar-refractivity contribution in [1.29, 1.82) is 0 Å². The highest BCUT2D eigenvalue weighted by Gasteiger charge is 2.24. The summed E-state index contributed by atoms with van der Waals surface area (Å²) in [4.78, 5) is 30.5. The van der Waals surface area contributed by atoms with Gasteiger partial charge in [-0.3, -0.25) is 14.5 Å². The number of anilines is 1. The Labute approximate surface area is 227 Å². The van der Waals surface area contributed by atoms with Crippen molar-refractivity contribution in [3.63, 3.8) is 0 Å². The van der Waals surface area contributed by atoms with Crippen LogP contribution in [0.3, 0.4) is 0 Å². The molecule has 0 saturated carbocycles. The number of aliphatic hydroxyl groups excluding tert-OH is 1. The highest BCUT2D eigenvalue weighted by molar-refractivity contribution is 6.05. The van der Waals surface area contributed by atoms with Gasteiger partial charge >= 0.3 is 0 Å². The lowest BCUT2D eigenvalue weighted by molar-refractivity contribution is -0.00482. The van der Waals surface area contributed by atoms with Gasteiger partial charge in [-0.15, -0.1) is 0 Å². The van der Waals surface area contributed by atoms with Gasteiger partial charge in [-0.05, 0) is 31.2 Å². The molecule has 0 bridgehead atoms. The van der Waals surface area contributed by atoms with Gasteiger partial charge in [0.2, 0.25) is 0 Å². The smallest absolute Gasteiger partial charge is 0.255 e. The summed E-state index contributed by atoms with van der Waals surface area (Å²) in [5.41, 5.74) is 2.72. The molecule has 8 heteroatoms. The van der Waals surface area contributed by atoms with Crippen LogP contribution in [0, 0.1) is 6.92 Å². The van der Waals surface area contributed by atoms with Crippen LogP contribution in [-0.2, 0) is 0 Å². The number of ether oxygens (including phenoxy) is 1. The van der Waals surface area contributed by atoms with Crippen LogP contribution in [0.2, 0.25) is 0 Å². The van der Waals surface area contributed by atoms with Gasteiger partial charge in [0.05, 0.1) is 23.7 Å². The van der Waals surface area contributed by atoms with Gasteiger partial charge in [0, 0.05) is 50.3 Å². The van der Waals surface area contributed by atoms with E-state index in [1.54, 1.807) is 32.2 Å². The third-order valence-electron chi connectivity index (χ3n) is 7.28. The number of rotatable bonds is 8. The molecule has 1 amide bonds. The Balaban J connectivity index is 1.22. The van der Waals surface area contributed by atoms with Crippen LogP contribution in [0.5, 0.6) is 5.75 Å². The number of carbonyl (C=O) groups is 1. The number of piperazine rings is 1. The van der Waals surface area contributed by atoms with Crippen molar-refractivity contribution in [2.24, 2.45) is 0 Å².